The van der Waals surface area contributed by atoms with Crippen LogP contribution in [0.5, 0.6) is 11.5 Å². The number of ether oxygens (including phenoxy) is 2. The van der Waals surface area contributed by atoms with Crippen molar-refractivity contribution in [3.8, 4) is 11.5 Å². The molecule has 30 heavy (non-hydrogen) atoms. The van der Waals surface area contributed by atoms with Crippen molar-refractivity contribution >= 4 is 11.4 Å². The van der Waals surface area contributed by atoms with Crippen molar-refractivity contribution in [2.45, 2.75) is 58.3 Å². The van der Waals surface area contributed by atoms with Crippen LogP contribution in [0.2, 0.25) is 0 Å². The number of fused-ring (bicyclic) bond motifs is 4. The maximum atomic E-state index is 13.1. The summed E-state index contributed by atoms with van der Waals surface area (Å²) < 4.78 is 11.6. The van der Waals surface area contributed by atoms with Gasteiger partial charge in [0.05, 0.1) is 19.1 Å². The van der Waals surface area contributed by atoms with Crippen molar-refractivity contribution in [3.63, 3.8) is 0 Å². The minimum absolute atomic E-state index is 0.259. The van der Waals surface area contributed by atoms with Crippen LogP contribution in [0.15, 0.2) is 29.4 Å². The molecule has 0 bridgehead atoms. The van der Waals surface area contributed by atoms with E-state index in [0.29, 0.717) is 24.7 Å². The summed E-state index contributed by atoms with van der Waals surface area (Å²) in [5.41, 5.74) is 6.45. The van der Waals surface area contributed by atoms with E-state index in [1.165, 1.54) is 27.8 Å². The first-order valence-corrected chi connectivity index (χ1v) is 11.4. The van der Waals surface area contributed by atoms with Gasteiger partial charge in [0, 0.05) is 18.1 Å². The zero-order valence-corrected chi connectivity index (χ0v) is 19.1. The largest absolute Gasteiger partial charge is 0.496 e. The number of nitrogens with zero attached hydrogens (tertiary/aromatic N) is 1. The Labute approximate surface area is 180 Å². The molecule has 2 atom stereocenters. The van der Waals surface area contributed by atoms with Gasteiger partial charge in [-0.1, -0.05) is 13.0 Å². The maximum absolute atomic E-state index is 13.1. The second-order valence-corrected chi connectivity index (χ2v) is 9.32. The molecule has 0 N–H and O–H groups in total. The number of ketones is 1. The summed E-state index contributed by atoms with van der Waals surface area (Å²) in [6.45, 7) is 5.98. The molecule has 0 aliphatic heterocycles. The zero-order valence-electron chi connectivity index (χ0n) is 19.1. The number of hydrogen-bond acceptors (Lipinski definition) is 4. The van der Waals surface area contributed by atoms with Crippen LogP contribution in [0, 0.1) is 5.41 Å². The molecular weight excluding hydrogens is 374 g/mol. The minimum Gasteiger partial charge on any atom is -0.496 e. The Kier molecular flexibility index (Phi) is 5.80. The molecule has 4 heteroatoms. The number of benzene rings is 1. The topological polar surface area (TPSA) is 38.8 Å². The second-order valence-electron chi connectivity index (χ2n) is 9.32. The standard InChI is InChI=1S/C26H35NO3/c1-6-30-18-15-20-17(2)14-21-19(25(20)23(16-18)29-5)10-12-26(11-7-13-27(3)4)22(21)8-9-24(26)28/h8,15-17H,6-7,9-14H2,1-5H3/t17?,26-/m0/s1. The number of hydrogen-bond donors (Lipinski definition) is 0. The molecule has 0 heterocycles. The Bertz CT molecular complexity index is 911. The Balaban J connectivity index is 1.77. The number of carbonyl (C=O) groups excluding carboxylic acids is 1. The molecule has 0 fully saturated rings. The Morgan fingerprint density at radius 1 is 1.23 bits per heavy atom. The first kappa shape index (κ1) is 21.2. The quantitative estimate of drug-likeness (QED) is 0.606. The second kappa shape index (κ2) is 8.22. The highest BCUT2D eigenvalue weighted by Gasteiger charge is 2.49. The van der Waals surface area contributed by atoms with Gasteiger partial charge in [0.2, 0.25) is 0 Å². The fourth-order valence-electron chi connectivity index (χ4n) is 5.83. The van der Waals surface area contributed by atoms with E-state index in [9.17, 15) is 4.79 Å². The average Bonchev–Trinajstić information content (AvgIpc) is 3.04. The molecule has 1 aromatic rings. The van der Waals surface area contributed by atoms with E-state index in [1.54, 1.807) is 7.11 Å². The van der Waals surface area contributed by atoms with E-state index in [-0.39, 0.29) is 5.41 Å². The number of carbonyl (C=O) groups is 1. The summed E-state index contributed by atoms with van der Waals surface area (Å²) in [7, 11) is 5.96. The van der Waals surface area contributed by atoms with Crippen molar-refractivity contribution < 1.29 is 14.3 Å². The predicted octanol–water partition coefficient (Wildman–Crippen LogP) is 5.38. The van der Waals surface area contributed by atoms with Crippen molar-refractivity contribution in [1.29, 1.82) is 0 Å². The van der Waals surface area contributed by atoms with Gasteiger partial charge >= 0.3 is 0 Å². The van der Waals surface area contributed by atoms with E-state index in [1.807, 2.05) is 13.0 Å². The van der Waals surface area contributed by atoms with Crippen LogP contribution in [-0.4, -0.2) is 45.0 Å². The van der Waals surface area contributed by atoms with Gasteiger partial charge in [0.25, 0.3) is 0 Å². The molecule has 0 saturated heterocycles. The molecule has 3 aliphatic carbocycles. The van der Waals surface area contributed by atoms with Gasteiger partial charge in [-0.2, -0.15) is 0 Å². The van der Waals surface area contributed by atoms with Gasteiger partial charge in [-0.05, 0) is 93.9 Å². The minimum atomic E-state index is -0.259. The van der Waals surface area contributed by atoms with Gasteiger partial charge in [-0.3, -0.25) is 4.79 Å². The molecule has 4 nitrogen and oxygen atoms in total. The van der Waals surface area contributed by atoms with Crippen molar-refractivity contribution in [3.05, 3.63) is 40.5 Å². The molecule has 0 radical (unpaired) electrons. The first-order valence-electron chi connectivity index (χ1n) is 11.4. The monoisotopic (exact) mass is 409 g/mol. The van der Waals surface area contributed by atoms with Crippen molar-refractivity contribution in [2.75, 3.05) is 34.4 Å². The molecule has 1 aromatic carbocycles. The van der Waals surface area contributed by atoms with Crippen LogP contribution in [0.25, 0.3) is 5.57 Å². The van der Waals surface area contributed by atoms with Crippen LogP contribution in [0.4, 0.5) is 0 Å². The molecule has 0 spiro atoms. The van der Waals surface area contributed by atoms with Gasteiger partial charge in [-0.25, -0.2) is 0 Å². The summed E-state index contributed by atoms with van der Waals surface area (Å²) >= 11 is 0. The zero-order chi connectivity index (χ0) is 21.5. The van der Waals surface area contributed by atoms with E-state index in [4.69, 9.17) is 9.47 Å². The van der Waals surface area contributed by atoms with Crippen molar-refractivity contribution in [1.82, 2.24) is 4.90 Å². The lowest BCUT2D eigenvalue weighted by molar-refractivity contribution is -0.125. The molecule has 4 rings (SSSR count). The van der Waals surface area contributed by atoms with Crippen LogP contribution >= 0.6 is 0 Å². The number of rotatable bonds is 7. The fraction of sp³-hybridized carbons (Fsp3) is 0.577. The van der Waals surface area contributed by atoms with Gasteiger partial charge in [0.15, 0.2) is 0 Å². The third-order valence-corrected chi connectivity index (χ3v) is 7.22. The highest BCUT2D eigenvalue weighted by Crippen LogP contribution is 2.59. The molecule has 3 aliphatic rings. The third-order valence-electron chi connectivity index (χ3n) is 7.22. The van der Waals surface area contributed by atoms with E-state index < -0.39 is 0 Å². The van der Waals surface area contributed by atoms with Crippen LogP contribution in [-0.2, 0) is 4.79 Å². The van der Waals surface area contributed by atoms with Gasteiger partial charge in [-0.15, -0.1) is 0 Å². The molecule has 0 aromatic heterocycles. The summed E-state index contributed by atoms with van der Waals surface area (Å²) in [6.07, 6.45) is 7.73. The lowest BCUT2D eigenvalue weighted by Gasteiger charge is -2.42. The summed E-state index contributed by atoms with van der Waals surface area (Å²) in [6, 6.07) is 4.22. The fourth-order valence-corrected chi connectivity index (χ4v) is 5.83. The molecule has 0 amide bonds. The van der Waals surface area contributed by atoms with Gasteiger partial charge < -0.3 is 14.4 Å². The normalized spacial score (nSPS) is 25.1. The lowest BCUT2D eigenvalue weighted by atomic mass is 9.61. The number of allylic oxidation sites excluding steroid dienone is 4. The summed E-state index contributed by atoms with van der Waals surface area (Å²) in [4.78, 5) is 15.3. The van der Waals surface area contributed by atoms with E-state index in [0.717, 1.165) is 50.1 Å². The Hall–Kier alpha value is -2.07. The third kappa shape index (κ3) is 3.39. The molecule has 1 unspecified atom stereocenters. The smallest absolute Gasteiger partial charge is 0.147 e. The van der Waals surface area contributed by atoms with Gasteiger partial charge in [0.1, 0.15) is 17.3 Å². The maximum Gasteiger partial charge on any atom is 0.147 e. The summed E-state index contributed by atoms with van der Waals surface area (Å²) in [5, 5.41) is 0. The summed E-state index contributed by atoms with van der Waals surface area (Å²) in [5.74, 6) is 2.59. The number of Topliss-reactive ketones (excluding diaryl/α,β-unsaturated/α-hetero) is 1. The Morgan fingerprint density at radius 2 is 2.03 bits per heavy atom. The Morgan fingerprint density at radius 3 is 2.73 bits per heavy atom. The average molecular weight is 410 g/mol. The molecular formula is C26H35NO3. The predicted molar refractivity (Wildman–Crippen MR) is 121 cm³/mol. The van der Waals surface area contributed by atoms with E-state index in [2.05, 4.69) is 38.1 Å². The van der Waals surface area contributed by atoms with Crippen molar-refractivity contribution in [2.24, 2.45) is 5.41 Å². The first-order chi connectivity index (χ1) is 14.4. The lowest BCUT2D eigenvalue weighted by Crippen LogP contribution is -2.35. The van der Waals surface area contributed by atoms with Crippen LogP contribution in [0.3, 0.4) is 0 Å². The number of methoxy groups -OCH3 is 1. The molecule has 162 valence electrons. The highest BCUT2D eigenvalue weighted by molar-refractivity contribution is 5.97. The van der Waals surface area contributed by atoms with E-state index >= 15 is 0 Å². The molecule has 0 saturated carbocycles. The van der Waals surface area contributed by atoms with Crippen LogP contribution < -0.4 is 9.47 Å². The SMILES string of the molecule is CCOc1cc(OC)c2c(c1)C(C)CC1=C2CC[C@]2(CCCN(C)C)C(=O)CC=C12. The highest BCUT2D eigenvalue weighted by atomic mass is 16.5. The van der Waals surface area contributed by atoms with Crippen LogP contribution in [0.1, 0.15) is 69.4 Å².